The zero-order valence-electron chi connectivity index (χ0n) is 15.0. The number of nitriles is 1. The molecule has 0 saturated carbocycles. The van der Waals surface area contributed by atoms with Crippen LogP contribution in [-0.4, -0.2) is 34.3 Å². The van der Waals surface area contributed by atoms with E-state index in [2.05, 4.69) is 16.2 Å². The first kappa shape index (κ1) is 18.1. The van der Waals surface area contributed by atoms with E-state index >= 15 is 0 Å². The number of rotatable bonds is 7. The number of methoxy groups -OCH3 is 1. The van der Waals surface area contributed by atoms with Gasteiger partial charge in [0.1, 0.15) is 17.6 Å². The van der Waals surface area contributed by atoms with Crippen LogP contribution in [-0.2, 0) is 4.79 Å². The molecule has 2 aromatic heterocycles. The van der Waals surface area contributed by atoms with Crippen molar-refractivity contribution >= 4 is 5.78 Å². The molecule has 3 aromatic rings. The van der Waals surface area contributed by atoms with E-state index in [1.54, 1.807) is 30.1 Å². The van der Waals surface area contributed by atoms with E-state index in [4.69, 9.17) is 9.47 Å². The Bertz CT molecular complexity index is 970. The number of hydrogen-bond acceptors (Lipinski definition) is 6. The van der Waals surface area contributed by atoms with E-state index in [1.165, 1.54) is 6.92 Å². The molecule has 7 heteroatoms. The highest BCUT2D eigenvalue weighted by Gasteiger charge is 2.12. The summed E-state index contributed by atoms with van der Waals surface area (Å²) in [6.45, 7) is 1.89. The van der Waals surface area contributed by atoms with Gasteiger partial charge in [0.05, 0.1) is 31.3 Å². The van der Waals surface area contributed by atoms with Gasteiger partial charge in [-0.25, -0.2) is 9.67 Å². The Kier molecular flexibility index (Phi) is 5.47. The van der Waals surface area contributed by atoms with Crippen LogP contribution >= 0.6 is 0 Å². The molecule has 2 heterocycles. The van der Waals surface area contributed by atoms with Crippen LogP contribution in [0, 0.1) is 11.3 Å². The molecule has 0 saturated heterocycles. The number of carbonyl (C=O) groups is 1. The fourth-order valence-electron chi connectivity index (χ4n) is 2.49. The van der Waals surface area contributed by atoms with Crippen molar-refractivity contribution in [2.75, 3.05) is 13.7 Å². The summed E-state index contributed by atoms with van der Waals surface area (Å²) in [4.78, 5) is 15.2. The molecule has 0 bridgehead atoms. The molecular weight excluding hydrogens is 344 g/mol. The number of carbonyl (C=O) groups excluding carboxylic acids is 1. The molecule has 0 amide bonds. The number of hydrogen-bond donors (Lipinski definition) is 0. The maximum absolute atomic E-state index is 11.0. The van der Waals surface area contributed by atoms with Crippen molar-refractivity contribution in [3.05, 3.63) is 54.4 Å². The fourth-order valence-corrected chi connectivity index (χ4v) is 2.49. The van der Waals surface area contributed by atoms with Crippen LogP contribution in [0.3, 0.4) is 0 Å². The van der Waals surface area contributed by atoms with Gasteiger partial charge >= 0.3 is 0 Å². The topological polar surface area (TPSA) is 90.0 Å². The van der Waals surface area contributed by atoms with Crippen molar-refractivity contribution < 1.29 is 14.3 Å². The summed E-state index contributed by atoms with van der Waals surface area (Å²) in [7, 11) is 1.55. The number of pyridine rings is 1. The number of aromatic nitrogens is 3. The molecule has 0 spiro atoms. The fraction of sp³-hybridized carbons (Fsp3) is 0.200. The second-order valence-corrected chi connectivity index (χ2v) is 5.82. The number of benzene rings is 1. The molecular formula is C20H18N4O3. The largest absolute Gasteiger partial charge is 0.493 e. The Morgan fingerprint density at radius 1 is 1.22 bits per heavy atom. The lowest BCUT2D eigenvalue weighted by Gasteiger charge is -2.09. The molecule has 136 valence electrons. The van der Waals surface area contributed by atoms with Crippen molar-refractivity contribution in [3.63, 3.8) is 0 Å². The number of ether oxygens (including phenoxy) is 2. The second-order valence-electron chi connectivity index (χ2n) is 5.82. The summed E-state index contributed by atoms with van der Waals surface area (Å²) in [5, 5.41) is 13.6. The van der Waals surface area contributed by atoms with Crippen LogP contribution in [0.25, 0.3) is 16.9 Å². The van der Waals surface area contributed by atoms with Crippen molar-refractivity contribution in [3.8, 4) is 34.6 Å². The maximum atomic E-state index is 11.0. The van der Waals surface area contributed by atoms with E-state index in [0.29, 0.717) is 36.0 Å². The minimum absolute atomic E-state index is 0.0904. The summed E-state index contributed by atoms with van der Waals surface area (Å²) in [5.41, 5.74) is 2.66. The third-order valence-corrected chi connectivity index (χ3v) is 3.87. The predicted molar refractivity (Wildman–Crippen MR) is 98.9 cm³/mol. The highest BCUT2D eigenvalue weighted by Crippen LogP contribution is 2.26. The summed E-state index contributed by atoms with van der Waals surface area (Å²) in [6.07, 6.45) is 2.01. The zero-order valence-corrected chi connectivity index (χ0v) is 15.0. The van der Waals surface area contributed by atoms with Gasteiger partial charge < -0.3 is 9.47 Å². The molecule has 7 nitrogen and oxygen atoms in total. The van der Waals surface area contributed by atoms with Crippen molar-refractivity contribution in [1.82, 2.24) is 14.8 Å². The molecule has 27 heavy (non-hydrogen) atoms. The van der Waals surface area contributed by atoms with E-state index < -0.39 is 0 Å². The van der Waals surface area contributed by atoms with Crippen LogP contribution in [0.2, 0.25) is 0 Å². The van der Waals surface area contributed by atoms with Crippen LogP contribution in [0.15, 0.2) is 48.7 Å². The van der Waals surface area contributed by atoms with Gasteiger partial charge in [0.25, 0.3) is 0 Å². The summed E-state index contributed by atoms with van der Waals surface area (Å²) < 4.78 is 12.3. The Morgan fingerprint density at radius 2 is 2.00 bits per heavy atom. The summed E-state index contributed by atoms with van der Waals surface area (Å²) in [5.74, 6) is 1.27. The molecule has 0 unspecified atom stereocenters. The molecule has 1 aromatic carbocycles. The highest BCUT2D eigenvalue weighted by atomic mass is 16.5. The average molecular weight is 362 g/mol. The lowest BCUT2D eigenvalue weighted by Crippen LogP contribution is -2.03. The summed E-state index contributed by atoms with van der Waals surface area (Å²) >= 11 is 0. The van der Waals surface area contributed by atoms with Crippen LogP contribution in [0.4, 0.5) is 0 Å². The minimum atomic E-state index is 0.0904. The quantitative estimate of drug-likeness (QED) is 0.641. The second kappa shape index (κ2) is 8.15. The van der Waals surface area contributed by atoms with E-state index in [0.717, 1.165) is 11.3 Å². The Hall–Kier alpha value is -3.66. The lowest BCUT2D eigenvalue weighted by molar-refractivity contribution is -0.117. The van der Waals surface area contributed by atoms with Crippen LogP contribution in [0.1, 0.15) is 19.0 Å². The first-order chi connectivity index (χ1) is 13.1. The van der Waals surface area contributed by atoms with Crippen LogP contribution < -0.4 is 9.47 Å². The number of ketones is 1. The third kappa shape index (κ3) is 4.30. The van der Waals surface area contributed by atoms with Gasteiger partial charge in [0, 0.05) is 24.1 Å². The van der Waals surface area contributed by atoms with Gasteiger partial charge in [0.15, 0.2) is 5.69 Å². The van der Waals surface area contributed by atoms with E-state index in [-0.39, 0.29) is 5.78 Å². The van der Waals surface area contributed by atoms with Crippen molar-refractivity contribution in [2.24, 2.45) is 0 Å². The molecule has 0 radical (unpaired) electrons. The lowest BCUT2D eigenvalue weighted by atomic mass is 10.1. The number of nitrogens with zero attached hydrogens (tertiary/aromatic N) is 4. The normalized spacial score (nSPS) is 10.3. The monoisotopic (exact) mass is 362 g/mol. The van der Waals surface area contributed by atoms with Crippen molar-refractivity contribution in [2.45, 2.75) is 13.3 Å². The molecule has 0 aliphatic heterocycles. The van der Waals surface area contributed by atoms with Gasteiger partial charge in [0.2, 0.25) is 5.88 Å². The molecule has 0 N–H and O–H groups in total. The van der Waals surface area contributed by atoms with Gasteiger partial charge in [-0.1, -0.05) is 0 Å². The third-order valence-electron chi connectivity index (χ3n) is 3.87. The predicted octanol–water partition coefficient (Wildman–Crippen LogP) is 3.17. The molecule has 0 aliphatic carbocycles. The summed E-state index contributed by atoms with van der Waals surface area (Å²) in [6, 6.07) is 14.8. The zero-order chi connectivity index (χ0) is 19.2. The van der Waals surface area contributed by atoms with E-state index in [1.807, 2.05) is 30.3 Å². The maximum Gasteiger partial charge on any atom is 0.213 e. The van der Waals surface area contributed by atoms with Crippen molar-refractivity contribution in [1.29, 1.82) is 5.26 Å². The molecule has 0 fully saturated rings. The Morgan fingerprint density at radius 3 is 2.59 bits per heavy atom. The van der Waals surface area contributed by atoms with E-state index in [9.17, 15) is 10.1 Å². The first-order valence-corrected chi connectivity index (χ1v) is 8.34. The van der Waals surface area contributed by atoms with Crippen LogP contribution in [0.5, 0.6) is 11.6 Å². The first-order valence-electron chi connectivity index (χ1n) is 8.34. The highest BCUT2D eigenvalue weighted by molar-refractivity contribution is 5.75. The SMILES string of the molecule is COc1ccc(-n2nc(C#N)cc2-c2ccc(OCCC(C)=O)cc2)cn1. The Labute approximate surface area is 156 Å². The average Bonchev–Trinajstić information content (AvgIpc) is 3.13. The van der Waals surface area contributed by atoms with Gasteiger partial charge in [-0.2, -0.15) is 10.4 Å². The number of Topliss-reactive ketones (excluding diaryl/α,β-unsaturated/α-hetero) is 1. The molecule has 3 rings (SSSR count). The van der Waals surface area contributed by atoms with Gasteiger partial charge in [-0.3, -0.25) is 4.79 Å². The van der Waals surface area contributed by atoms with Gasteiger partial charge in [-0.05, 0) is 37.3 Å². The standard InChI is InChI=1S/C20H18N4O3/c1-14(25)9-10-27-18-6-3-15(4-7-18)19-11-16(12-21)23-24(19)17-5-8-20(26-2)22-13-17/h3-8,11,13H,9-10H2,1-2H3. The Balaban J connectivity index is 1.88. The molecule has 0 aliphatic rings. The minimum Gasteiger partial charge on any atom is -0.493 e. The molecule has 0 atom stereocenters. The smallest absolute Gasteiger partial charge is 0.213 e. The van der Waals surface area contributed by atoms with Gasteiger partial charge in [-0.15, -0.1) is 0 Å².